The summed E-state index contributed by atoms with van der Waals surface area (Å²) in [6, 6.07) is 19.1. The number of nitrogens with zero attached hydrogens (tertiary/aromatic N) is 1. The van der Waals surface area contributed by atoms with E-state index in [0.29, 0.717) is 40.4 Å². The highest BCUT2D eigenvalue weighted by atomic mass is 19.1. The first-order valence-corrected chi connectivity index (χ1v) is 10.6. The van der Waals surface area contributed by atoms with Gasteiger partial charge in [-0.1, -0.05) is 30.3 Å². The average Bonchev–Trinajstić information content (AvgIpc) is 2.85. The Morgan fingerprint density at radius 1 is 0.912 bits per heavy atom. The smallest absolute Gasteiger partial charge is 0.238 e. The third kappa shape index (κ3) is 5.41. The molecule has 0 bridgehead atoms. The molecule has 1 amide bonds. The first-order chi connectivity index (χ1) is 16.6. The highest BCUT2D eigenvalue weighted by Gasteiger charge is 2.14. The van der Waals surface area contributed by atoms with E-state index in [4.69, 9.17) is 14.2 Å². The van der Waals surface area contributed by atoms with Crippen LogP contribution < -0.4 is 24.8 Å². The molecule has 0 atom stereocenters. The van der Waals surface area contributed by atoms with Crippen LogP contribution in [0.5, 0.6) is 23.0 Å². The summed E-state index contributed by atoms with van der Waals surface area (Å²) in [5.74, 6) is 0.580. The van der Waals surface area contributed by atoms with Crippen molar-refractivity contribution in [2.24, 2.45) is 0 Å². The number of carbonyl (C=O) groups excluding carboxylic acids is 1. The fourth-order valence-electron chi connectivity index (χ4n) is 3.44. The predicted molar refractivity (Wildman–Crippen MR) is 128 cm³/mol. The summed E-state index contributed by atoms with van der Waals surface area (Å²) < 4.78 is 31.3. The van der Waals surface area contributed by atoms with Crippen LogP contribution in [-0.2, 0) is 11.3 Å². The van der Waals surface area contributed by atoms with Gasteiger partial charge in [0.25, 0.3) is 0 Å². The zero-order valence-electron chi connectivity index (χ0n) is 18.8. The molecule has 4 aromatic rings. The third-order valence-electron chi connectivity index (χ3n) is 5.10. The van der Waals surface area contributed by atoms with Gasteiger partial charge in [-0.25, -0.2) is 4.39 Å². The number of carbonyl (C=O) groups is 1. The maximum absolute atomic E-state index is 14.8. The van der Waals surface area contributed by atoms with Gasteiger partial charge in [-0.3, -0.25) is 9.78 Å². The minimum atomic E-state index is -0.611. The Balaban J connectivity index is 1.43. The summed E-state index contributed by atoms with van der Waals surface area (Å²) in [4.78, 5) is 16.5. The maximum atomic E-state index is 14.8. The molecule has 7 nitrogen and oxygen atoms in total. The Morgan fingerprint density at radius 3 is 2.41 bits per heavy atom. The largest absolute Gasteiger partial charge is 0.493 e. The summed E-state index contributed by atoms with van der Waals surface area (Å²) in [5.41, 5.74) is 2.02. The Kier molecular flexibility index (Phi) is 7.19. The van der Waals surface area contributed by atoms with Gasteiger partial charge in [-0.05, 0) is 29.8 Å². The molecular weight excluding hydrogens is 437 g/mol. The Labute approximate surface area is 196 Å². The lowest BCUT2D eigenvalue weighted by atomic mass is 10.2. The highest BCUT2D eigenvalue weighted by Crippen LogP contribution is 2.37. The number of methoxy groups -OCH3 is 2. The number of halogens is 1. The molecule has 0 saturated carbocycles. The van der Waals surface area contributed by atoms with Crippen LogP contribution in [0.2, 0.25) is 0 Å². The van der Waals surface area contributed by atoms with Crippen LogP contribution in [0.4, 0.5) is 10.1 Å². The summed E-state index contributed by atoms with van der Waals surface area (Å²) >= 11 is 0. The molecule has 174 valence electrons. The lowest BCUT2D eigenvalue weighted by molar-refractivity contribution is -0.115. The van der Waals surface area contributed by atoms with Crippen molar-refractivity contribution in [2.75, 3.05) is 26.1 Å². The monoisotopic (exact) mass is 461 g/mol. The quantitative estimate of drug-likeness (QED) is 0.369. The molecular formula is C26H24FN3O4. The van der Waals surface area contributed by atoms with Crippen molar-refractivity contribution >= 4 is 22.5 Å². The minimum Gasteiger partial charge on any atom is -0.493 e. The Bertz CT molecular complexity index is 1300. The van der Waals surface area contributed by atoms with Gasteiger partial charge >= 0.3 is 0 Å². The van der Waals surface area contributed by atoms with Crippen LogP contribution >= 0.6 is 0 Å². The normalized spacial score (nSPS) is 10.7. The first kappa shape index (κ1) is 23.0. The number of rotatable bonds is 9. The van der Waals surface area contributed by atoms with Crippen molar-refractivity contribution in [2.45, 2.75) is 6.54 Å². The SMILES string of the molecule is COc1cc2nccc(Oc3ccc(NC(=O)CNCc4ccccc4)cc3F)c2cc1OC. The molecule has 0 fully saturated rings. The van der Waals surface area contributed by atoms with Gasteiger partial charge in [0.05, 0.1) is 26.3 Å². The minimum absolute atomic E-state index is 0.0162. The van der Waals surface area contributed by atoms with E-state index < -0.39 is 5.82 Å². The van der Waals surface area contributed by atoms with E-state index in [1.54, 1.807) is 37.6 Å². The van der Waals surface area contributed by atoms with Crippen molar-refractivity contribution in [3.63, 3.8) is 0 Å². The second kappa shape index (κ2) is 10.6. The maximum Gasteiger partial charge on any atom is 0.238 e. The second-order valence-corrected chi connectivity index (χ2v) is 7.42. The van der Waals surface area contributed by atoms with E-state index in [0.717, 1.165) is 5.56 Å². The van der Waals surface area contributed by atoms with Crippen LogP contribution in [0, 0.1) is 5.82 Å². The highest BCUT2D eigenvalue weighted by molar-refractivity contribution is 5.92. The number of fused-ring (bicyclic) bond motifs is 1. The number of hydrogen-bond donors (Lipinski definition) is 2. The molecule has 4 rings (SSSR count). The van der Waals surface area contributed by atoms with E-state index in [1.165, 1.54) is 19.2 Å². The van der Waals surface area contributed by atoms with Crippen molar-refractivity contribution in [3.05, 3.63) is 84.3 Å². The molecule has 0 saturated heterocycles. The number of ether oxygens (including phenoxy) is 3. The zero-order chi connectivity index (χ0) is 23.9. The number of nitrogens with one attached hydrogen (secondary N) is 2. The molecule has 8 heteroatoms. The average molecular weight is 461 g/mol. The van der Waals surface area contributed by atoms with Gasteiger partial charge in [-0.2, -0.15) is 0 Å². The molecule has 0 aliphatic heterocycles. The van der Waals surface area contributed by atoms with Crippen LogP contribution in [0.25, 0.3) is 10.9 Å². The van der Waals surface area contributed by atoms with Crippen LogP contribution in [0.3, 0.4) is 0 Å². The van der Waals surface area contributed by atoms with Crippen molar-refractivity contribution in [1.29, 1.82) is 0 Å². The second-order valence-electron chi connectivity index (χ2n) is 7.42. The fourth-order valence-corrected chi connectivity index (χ4v) is 3.44. The van der Waals surface area contributed by atoms with Crippen LogP contribution in [0.15, 0.2) is 72.9 Å². The third-order valence-corrected chi connectivity index (χ3v) is 5.10. The lowest BCUT2D eigenvalue weighted by Crippen LogP contribution is -2.27. The van der Waals surface area contributed by atoms with Crippen molar-refractivity contribution < 1.29 is 23.4 Å². The first-order valence-electron chi connectivity index (χ1n) is 10.6. The van der Waals surface area contributed by atoms with E-state index in [1.807, 2.05) is 30.3 Å². The molecule has 1 heterocycles. The van der Waals surface area contributed by atoms with Gasteiger partial charge in [-0.15, -0.1) is 0 Å². The number of amides is 1. The zero-order valence-corrected chi connectivity index (χ0v) is 18.8. The summed E-state index contributed by atoms with van der Waals surface area (Å²) in [6.45, 7) is 0.662. The van der Waals surface area contributed by atoms with E-state index >= 15 is 0 Å². The molecule has 0 unspecified atom stereocenters. The summed E-state index contributed by atoms with van der Waals surface area (Å²) in [6.07, 6.45) is 1.57. The standard InChI is InChI=1S/C26H24FN3O4/c1-32-24-13-19-21(14-25(24)33-2)29-11-10-22(19)34-23-9-8-18(12-20(23)27)30-26(31)16-28-15-17-6-4-3-5-7-17/h3-14,28H,15-16H2,1-2H3,(H,30,31). The topological polar surface area (TPSA) is 81.7 Å². The molecule has 0 radical (unpaired) electrons. The molecule has 0 aliphatic rings. The van der Waals surface area contributed by atoms with Crippen LogP contribution in [-0.4, -0.2) is 31.7 Å². The lowest BCUT2D eigenvalue weighted by Gasteiger charge is -2.13. The molecule has 34 heavy (non-hydrogen) atoms. The van der Waals surface area contributed by atoms with Gasteiger partial charge in [0.1, 0.15) is 5.75 Å². The summed E-state index contributed by atoms with van der Waals surface area (Å²) in [5, 5.41) is 6.38. The van der Waals surface area contributed by atoms with Gasteiger partial charge in [0.2, 0.25) is 5.91 Å². The molecule has 3 aromatic carbocycles. The predicted octanol–water partition coefficient (Wildman–Crippen LogP) is 4.91. The molecule has 1 aromatic heterocycles. The van der Waals surface area contributed by atoms with Gasteiger partial charge < -0.3 is 24.8 Å². The number of benzene rings is 3. The van der Waals surface area contributed by atoms with E-state index in [-0.39, 0.29) is 18.2 Å². The molecule has 0 aliphatic carbocycles. The van der Waals surface area contributed by atoms with Crippen molar-refractivity contribution in [3.8, 4) is 23.0 Å². The van der Waals surface area contributed by atoms with E-state index in [9.17, 15) is 9.18 Å². The Hall–Kier alpha value is -4.17. The van der Waals surface area contributed by atoms with Gasteiger partial charge in [0, 0.05) is 35.9 Å². The number of hydrogen-bond acceptors (Lipinski definition) is 6. The number of aromatic nitrogens is 1. The molecule has 0 spiro atoms. The molecule has 2 N–H and O–H groups in total. The van der Waals surface area contributed by atoms with Crippen LogP contribution in [0.1, 0.15) is 5.56 Å². The Morgan fingerprint density at radius 2 is 1.68 bits per heavy atom. The van der Waals surface area contributed by atoms with Crippen molar-refractivity contribution in [1.82, 2.24) is 10.3 Å². The fraction of sp³-hybridized carbons (Fsp3) is 0.154. The van der Waals surface area contributed by atoms with E-state index in [2.05, 4.69) is 15.6 Å². The number of pyridine rings is 1. The summed E-state index contributed by atoms with van der Waals surface area (Å²) in [7, 11) is 3.07. The number of anilines is 1. The van der Waals surface area contributed by atoms with Gasteiger partial charge in [0.15, 0.2) is 23.1 Å².